The number of benzene rings is 3. The van der Waals surface area contributed by atoms with E-state index in [1.807, 2.05) is 66.7 Å². The van der Waals surface area contributed by atoms with Crippen molar-refractivity contribution in [3.63, 3.8) is 0 Å². The first-order chi connectivity index (χ1) is 14.0. The monoisotopic (exact) mass is 498 g/mol. The molecule has 148 valence electrons. The molecule has 3 aromatic rings. The molecule has 0 bridgehead atoms. The minimum Gasteiger partial charge on any atom is -0.481 e. The van der Waals surface area contributed by atoms with Crippen LogP contribution < -0.4 is 0 Å². The molecular formula is C25H23IO3. The van der Waals surface area contributed by atoms with Crippen molar-refractivity contribution in [1.82, 2.24) is 0 Å². The Bertz CT molecular complexity index is 948. The van der Waals surface area contributed by atoms with Gasteiger partial charge in [0.25, 0.3) is 0 Å². The van der Waals surface area contributed by atoms with Gasteiger partial charge in [0.15, 0.2) is 5.78 Å². The Morgan fingerprint density at radius 3 is 2.00 bits per heavy atom. The molecule has 0 aliphatic heterocycles. The van der Waals surface area contributed by atoms with Crippen LogP contribution in [0.5, 0.6) is 0 Å². The summed E-state index contributed by atoms with van der Waals surface area (Å²) >= 11 is 2.27. The maximum Gasteiger partial charge on any atom is 0.306 e. The molecule has 1 unspecified atom stereocenters. The van der Waals surface area contributed by atoms with Crippen LogP contribution in [0.2, 0.25) is 0 Å². The Morgan fingerprint density at radius 1 is 0.828 bits per heavy atom. The van der Waals surface area contributed by atoms with Gasteiger partial charge in [0.1, 0.15) is 0 Å². The molecule has 3 rings (SSSR count). The molecule has 29 heavy (non-hydrogen) atoms. The largest absolute Gasteiger partial charge is 0.481 e. The van der Waals surface area contributed by atoms with E-state index in [0.717, 1.165) is 24.0 Å². The molecule has 0 aromatic heterocycles. The van der Waals surface area contributed by atoms with Crippen LogP contribution in [-0.2, 0) is 11.2 Å². The summed E-state index contributed by atoms with van der Waals surface area (Å²) in [4.78, 5) is 24.2. The van der Waals surface area contributed by atoms with Gasteiger partial charge in [0.05, 0.1) is 5.92 Å². The fraction of sp³-hybridized carbons (Fsp3) is 0.200. The first kappa shape index (κ1) is 21.2. The number of carbonyl (C=O) groups is 2. The lowest BCUT2D eigenvalue weighted by atomic mass is 9.92. The van der Waals surface area contributed by atoms with Gasteiger partial charge in [-0.3, -0.25) is 9.59 Å². The van der Waals surface area contributed by atoms with Crippen molar-refractivity contribution < 1.29 is 14.7 Å². The van der Waals surface area contributed by atoms with E-state index in [0.29, 0.717) is 12.0 Å². The third kappa shape index (κ3) is 6.26. The number of Topliss-reactive ketones (excluding diaryl/α,β-unsaturated/α-hetero) is 1. The van der Waals surface area contributed by atoms with Gasteiger partial charge in [-0.15, -0.1) is 0 Å². The Hall–Kier alpha value is -2.47. The van der Waals surface area contributed by atoms with E-state index in [1.165, 1.54) is 9.13 Å². The van der Waals surface area contributed by atoms with Crippen molar-refractivity contribution in [1.29, 1.82) is 0 Å². The highest BCUT2D eigenvalue weighted by molar-refractivity contribution is 14.1. The molecule has 0 aliphatic carbocycles. The SMILES string of the molecule is O=C(CC(CCCc1ccccc1)C(=O)O)c1ccc(-c2ccc(I)cc2)cc1. The van der Waals surface area contributed by atoms with Crippen molar-refractivity contribution in [2.24, 2.45) is 5.92 Å². The Morgan fingerprint density at radius 2 is 1.41 bits per heavy atom. The molecule has 3 aromatic carbocycles. The van der Waals surface area contributed by atoms with E-state index < -0.39 is 11.9 Å². The number of rotatable bonds is 9. The number of hydrogen-bond donors (Lipinski definition) is 1. The van der Waals surface area contributed by atoms with Gasteiger partial charge in [0, 0.05) is 15.6 Å². The lowest BCUT2D eigenvalue weighted by molar-refractivity contribution is -0.141. The van der Waals surface area contributed by atoms with Crippen molar-refractivity contribution in [3.05, 3.63) is 93.6 Å². The van der Waals surface area contributed by atoms with Gasteiger partial charge in [-0.1, -0.05) is 66.7 Å². The van der Waals surface area contributed by atoms with Crippen LogP contribution in [0.1, 0.15) is 35.2 Å². The standard InChI is InChI=1S/C25H23IO3/c26-23-15-13-20(14-16-23)19-9-11-21(12-10-19)24(27)17-22(25(28)29)8-4-7-18-5-2-1-3-6-18/h1-3,5-6,9-16,22H,4,7-8,17H2,(H,28,29). The molecule has 0 amide bonds. The molecule has 0 radical (unpaired) electrons. The van der Waals surface area contributed by atoms with Crippen LogP contribution in [0.3, 0.4) is 0 Å². The van der Waals surface area contributed by atoms with E-state index in [9.17, 15) is 14.7 Å². The molecule has 0 fully saturated rings. The molecule has 1 N–H and O–H groups in total. The predicted octanol–water partition coefficient (Wildman–Crippen LogP) is 6.25. The quantitative estimate of drug-likeness (QED) is 0.280. The molecular weight excluding hydrogens is 475 g/mol. The maximum absolute atomic E-state index is 12.6. The number of halogens is 1. The zero-order chi connectivity index (χ0) is 20.6. The van der Waals surface area contributed by atoms with Gasteiger partial charge < -0.3 is 5.11 Å². The highest BCUT2D eigenvalue weighted by atomic mass is 127. The van der Waals surface area contributed by atoms with E-state index in [2.05, 4.69) is 22.6 Å². The minimum atomic E-state index is -0.901. The smallest absolute Gasteiger partial charge is 0.306 e. The Balaban J connectivity index is 1.59. The zero-order valence-electron chi connectivity index (χ0n) is 16.1. The second kappa shape index (κ2) is 10.3. The van der Waals surface area contributed by atoms with Gasteiger partial charge >= 0.3 is 5.97 Å². The number of carbonyl (C=O) groups excluding carboxylic acids is 1. The van der Waals surface area contributed by atoms with Crippen LogP contribution in [0.25, 0.3) is 11.1 Å². The summed E-state index contributed by atoms with van der Waals surface area (Å²) in [6.07, 6.45) is 2.10. The highest BCUT2D eigenvalue weighted by Crippen LogP contribution is 2.23. The maximum atomic E-state index is 12.6. The first-order valence-electron chi connectivity index (χ1n) is 9.69. The lowest BCUT2D eigenvalue weighted by Crippen LogP contribution is -2.18. The minimum absolute atomic E-state index is 0.0347. The zero-order valence-corrected chi connectivity index (χ0v) is 18.2. The van der Waals surface area contributed by atoms with E-state index in [4.69, 9.17) is 0 Å². The van der Waals surface area contributed by atoms with Gasteiger partial charge in [0.2, 0.25) is 0 Å². The average molecular weight is 498 g/mol. The summed E-state index contributed by atoms with van der Waals surface area (Å²) in [7, 11) is 0. The second-order valence-corrected chi connectivity index (χ2v) is 8.37. The van der Waals surface area contributed by atoms with E-state index in [1.54, 1.807) is 12.1 Å². The Kier molecular flexibility index (Phi) is 7.58. The molecule has 0 aliphatic rings. The van der Waals surface area contributed by atoms with Crippen molar-refractivity contribution in [2.45, 2.75) is 25.7 Å². The van der Waals surface area contributed by atoms with E-state index >= 15 is 0 Å². The molecule has 0 saturated heterocycles. The number of carboxylic acid groups (broad SMARTS) is 1. The number of carboxylic acids is 1. The number of ketones is 1. The molecule has 0 heterocycles. The molecule has 1 atom stereocenters. The summed E-state index contributed by atoms with van der Waals surface area (Å²) in [5.74, 6) is -1.67. The number of aryl methyl sites for hydroxylation is 1. The predicted molar refractivity (Wildman–Crippen MR) is 124 cm³/mol. The van der Waals surface area contributed by atoms with Crippen LogP contribution in [0.15, 0.2) is 78.9 Å². The number of hydrogen-bond acceptors (Lipinski definition) is 2. The van der Waals surface area contributed by atoms with Crippen LogP contribution in [-0.4, -0.2) is 16.9 Å². The first-order valence-corrected chi connectivity index (χ1v) is 10.8. The highest BCUT2D eigenvalue weighted by Gasteiger charge is 2.21. The summed E-state index contributed by atoms with van der Waals surface area (Å²) < 4.78 is 1.17. The topological polar surface area (TPSA) is 54.4 Å². The average Bonchev–Trinajstić information content (AvgIpc) is 2.74. The van der Waals surface area contributed by atoms with Gasteiger partial charge in [-0.2, -0.15) is 0 Å². The van der Waals surface area contributed by atoms with Crippen LogP contribution >= 0.6 is 22.6 Å². The number of aliphatic carboxylic acids is 1. The lowest BCUT2D eigenvalue weighted by Gasteiger charge is -2.12. The fourth-order valence-electron chi connectivity index (χ4n) is 3.34. The second-order valence-electron chi connectivity index (χ2n) is 7.12. The molecule has 3 nitrogen and oxygen atoms in total. The summed E-state index contributed by atoms with van der Waals surface area (Å²) in [5, 5.41) is 9.53. The van der Waals surface area contributed by atoms with Gasteiger partial charge in [-0.25, -0.2) is 0 Å². The van der Waals surface area contributed by atoms with Crippen LogP contribution in [0, 0.1) is 9.49 Å². The third-order valence-electron chi connectivity index (χ3n) is 5.03. The van der Waals surface area contributed by atoms with Crippen molar-refractivity contribution >= 4 is 34.3 Å². The fourth-order valence-corrected chi connectivity index (χ4v) is 3.70. The summed E-state index contributed by atoms with van der Waals surface area (Å²) in [6.45, 7) is 0. The molecule has 0 spiro atoms. The van der Waals surface area contributed by atoms with Crippen LogP contribution in [0.4, 0.5) is 0 Å². The van der Waals surface area contributed by atoms with Crippen molar-refractivity contribution in [2.75, 3.05) is 0 Å². The summed E-state index contributed by atoms with van der Waals surface area (Å²) in [6, 6.07) is 25.6. The van der Waals surface area contributed by atoms with E-state index in [-0.39, 0.29) is 12.2 Å². The van der Waals surface area contributed by atoms with Crippen molar-refractivity contribution in [3.8, 4) is 11.1 Å². The molecule has 0 saturated carbocycles. The van der Waals surface area contributed by atoms with Gasteiger partial charge in [-0.05, 0) is 70.7 Å². The molecule has 4 heteroatoms. The summed E-state index contributed by atoms with van der Waals surface area (Å²) in [5.41, 5.74) is 3.88. The Labute approximate surface area is 184 Å². The third-order valence-corrected chi connectivity index (χ3v) is 5.75. The normalized spacial score (nSPS) is 11.8.